The Morgan fingerprint density at radius 3 is 2.30 bits per heavy atom. The smallest absolute Gasteiger partial charge is 0.0155 e. The van der Waals surface area contributed by atoms with Gasteiger partial charge in [-0.2, -0.15) is 0 Å². The molecule has 0 radical (unpaired) electrons. The average molecular weight is 309 g/mol. The maximum atomic E-state index is 3.91. The van der Waals surface area contributed by atoms with Gasteiger partial charge in [0.1, 0.15) is 0 Å². The van der Waals surface area contributed by atoms with E-state index < -0.39 is 0 Å². The molecule has 1 atom stereocenters. The second-order valence-corrected chi connectivity index (χ2v) is 6.79. The maximum absolute atomic E-state index is 3.91. The number of hydrogen-bond donors (Lipinski definition) is 0. The maximum Gasteiger partial charge on any atom is 0.0155 e. The summed E-state index contributed by atoms with van der Waals surface area (Å²) in [7, 11) is 0. The van der Waals surface area contributed by atoms with Crippen LogP contribution in [-0.4, -0.2) is 0 Å². The van der Waals surface area contributed by atoms with Gasteiger partial charge in [0.25, 0.3) is 0 Å². The van der Waals surface area contributed by atoms with E-state index in [9.17, 15) is 0 Å². The lowest BCUT2D eigenvalue weighted by molar-refractivity contribution is 0.575. The van der Waals surface area contributed by atoms with Gasteiger partial charge in [0.05, 0.1) is 0 Å². The van der Waals surface area contributed by atoms with Crippen molar-refractivity contribution in [1.82, 2.24) is 0 Å². The van der Waals surface area contributed by atoms with Crippen LogP contribution < -0.4 is 0 Å². The van der Waals surface area contributed by atoms with Crippen LogP contribution in [0.5, 0.6) is 0 Å². The summed E-state index contributed by atoms with van der Waals surface area (Å²) in [6, 6.07) is 0. The SMILES string of the molecule is C=C/C=C(/C)C(C)CC1=C(/C=C/C)C(C)(C)C(=C/C=C)/C1=C\C. The fourth-order valence-electron chi connectivity index (χ4n) is 3.43. The van der Waals surface area contributed by atoms with E-state index in [1.807, 2.05) is 12.2 Å². The van der Waals surface area contributed by atoms with Gasteiger partial charge in [-0.15, -0.1) is 0 Å². The molecular weight excluding hydrogens is 276 g/mol. The third-order valence-electron chi connectivity index (χ3n) is 4.86. The zero-order valence-corrected chi connectivity index (χ0v) is 15.7. The van der Waals surface area contributed by atoms with Crippen LogP contribution in [0.4, 0.5) is 0 Å². The fourth-order valence-corrected chi connectivity index (χ4v) is 3.43. The van der Waals surface area contributed by atoms with E-state index in [0.29, 0.717) is 5.92 Å². The van der Waals surface area contributed by atoms with Gasteiger partial charge in [0, 0.05) is 5.41 Å². The van der Waals surface area contributed by atoms with Gasteiger partial charge in [0.2, 0.25) is 0 Å². The molecule has 1 unspecified atom stereocenters. The van der Waals surface area contributed by atoms with Crippen LogP contribution in [-0.2, 0) is 0 Å². The van der Waals surface area contributed by atoms with Crippen LogP contribution in [0.2, 0.25) is 0 Å². The zero-order chi connectivity index (χ0) is 17.6. The first-order valence-electron chi connectivity index (χ1n) is 8.50. The largest absolute Gasteiger partial charge is 0.0991 e. The summed E-state index contributed by atoms with van der Waals surface area (Å²) in [6.45, 7) is 21.1. The molecule has 0 aromatic carbocycles. The van der Waals surface area contributed by atoms with Gasteiger partial charge in [-0.05, 0) is 55.4 Å². The van der Waals surface area contributed by atoms with Gasteiger partial charge in [-0.1, -0.05) is 82.0 Å². The van der Waals surface area contributed by atoms with Crippen molar-refractivity contribution in [1.29, 1.82) is 0 Å². The molecule has 0 heterocycles. The van der Waals surface area contributed by atoms with Crippen molar-refractivity contribution in [3.8, 4) is 0 Å². The molecule has 0 aliphatic heterocycles. The fraction of sp³-hybridized carbons (Fsp3) is 0.391. The van der Waals surface area contributed by atoms with Crippen LogP contribution in [0.1, 0.15) is 48.0 Å². The van der Waals surface area contributed by atoms with E-state index in [2.05, 4.69) is 85.1 Å². The van der Waals surface area contributed by atoms with Crippen LogP contribution >= 0.6 is 0 Å². The van der Waals surface area contributed by atoms with Crippen LogP contribution in [0.15, 0.2) is 83.6 Å². The molecular formula is C23H32. The highest BCUT2D eigenvalue weighted by Crippen LogP contribution is 2.52. The van der Waals surface area contributed by atoms with Crippen LogP contribution in [0.25, 0.3) is 0 Å². The molecule has 23 heavy (non-hydrogen) atoms. The minimum absolute atomic E-state index is 0.0215. The molecule has 0 N–H and O–H groups in total. The van der Waals surface area contributed by atoms with Crippen molar-refractivity contribution in [3.63, 3.8) is 0 Å². The first-order chi connectivity index (χ1) is 10.8. The summed E-state index contributed by atoms with van der Waals surface area (Å²) in [4.78, 5) is 0. The lowest BCUT2D eigenvalue weighted by atomic mass is 9.80. The molecule has 0 amide bonds. The lowest BCUT2D eigenvalue weighted by Gasteiger charge is -2.23. The van der Waals surface area contributed by atoms with E-state index in [-0.39, 0.29) is 5.41 Å². The summed E-state index contributed by atoms with van der Waals surface area (Å²) < 4.78 is 0. The predicted octanol–water partition coefficient (Wildman–Crippen LogP) is 7.12. The second kappa shape index (κ2) is 8.15. The van der Waals surface area contributed by atoms with E-state index in [1.54, 1.807) is 0 Å². The number of hydrogen-bond acceptors (Lipinski definition) is 0. The van der Waals surface area contributed by atoms with Crippen molar-refractivity contribution >= 4 is 0 Å². The number of allylic oxidation sites excluding steroid dienone is 12. The molecule has 1 aliphatic carbocycles. The molecule has 0 bridgehead atoms. The highest BCUT2D eigenvalue weighted by atomic mass is 14.4. The first-order valence-corrected chi connectivity index (χ1v) is 8.50. The topological polar surface area (TPSA) is 0 Å². The summed E-state index contributed by atoms with van der Waals surface area (Å²) in [6.07, 6.45) is 15.8. The average Bonchev–Trinajstić information content (AvgIpc) is 2.69. The molecule has 0 aromatic rings. The van der Waals surface area contributed by atoms with Crippen LogP contribution in [0.3, 0.4) is 0 Å². The van der Waals surface area contributed by atoms with Crippen molar-refractivity contribution < 1.29 is 0 Å². The van der Waals surface area contributed by atoms with Gasteiger partial charge in [-0.3, -0.25) is 0 Å². The van der Waals surface area contributed by atoms with Gasteiger partial charge in [0.15, 0.2) is 0 Å². The molecule has 0 aromatic heterocycles. The minimum atomic E-state index is 0.0215. The summed E-state index contributed by atoms with van der Waals surface area (Å²) >= 11 is 0. The third-order valence-corrected chi connectivity index (χ3v) is 4.86. The molecule has 0 spiro atoms. The van der Waals surface area contributed by atoms with Crippen molar-refractivity contribution in [2.45, 2.75) is 48.0 Å². The van der Waals surface area contributed by atoms with Gasteiger partial charge >= 0.3 is 0 Å². The van der Waals surface area contributed by atoms with E-state index in [4.69, 9.17) is 0 Å². The first kappa shape index (κ1) is 19.2. The second-order valence-electron chi connectivity index (χ2n) is 6.79. The molecule has 1 rings (SSSR count). The van der Waals surface area contributed by atoms with E-state index in [1.165, 1.54) is 27.9 Å². The van der Waals surface area contributed by atoms with E-state index >= 15 is 0 Å². The highest BCUT2D eigenvalue weighted by molar-refractivity contribution is 5.65. The lowest BCUT2D eigenvalue weighted by Crippen LogP contribution is -2.12. The summed E-state index contributed by atoms with van der Waals surface area (Å²) in [5.41, 5.74) is 7.04. The number of rotatable bonds is 6. The Hall–Kier alpha value is -1.82. The monoisotopic (exact) mass is 308 g/mol. The molecule has 1 aliphatic rings. The zero-order valence-electron chi connectivity index (χ0n) is 15.7. The Labute approximate surface area is 143 Å². The van der Waals surface area contributed by atoms with Crippen molar-refractivity contribution in [2.24, 2.45) is 11.3 Å². The summed E-state index contributed by atoms with van der Waals surface area (Å²) in [5.74, 6) is 0.497. The standard InChI is InChI=1S/C23H32/c1-9-13-17(5)18(6)16-20-19(12-4)21(14-10-2)23(7,8)22(20)15-11-3/h9-15,18H,1-2,16H2,3-8H3/b15-11+,17-13-,19-12-,21-14+. The Bertz CT molecular complexity index is 612. The van der Waals surface area contributed by atoms with Crippen molar-refractivity contribution in [3.05, 3.63) is 83.6 Å². The molecule has 0 saturated carbocycles. The van der Waals surface area contributed by atoms with Crippen LogP contribution in [0, 0.1) is 11.3 Å². The molecule has 0 fully saturated rings. The highest BCUT2D eigenvalue weighted by Gasteiger charge is 2.38. The Morgan fingerprint density at radius 1 is 1.17 bits per heavy atom. The quantitative estimate of drug-likeness (QED) is 0.458. The van der Waals surface area contributed by atoms with Gasteiger partial charge in [-0.25, -0.2) is 0 Å². The predicted molar refractivity (Wildman–Crippen MR) is 105 cm³/mol. The van der Waals surface area contributed by atoms with E-state index in [0.717, 1.165) is 6.42 Å². The van der Waals surface area contributed by atoms with Gasteiger partial charge < -0.3 is 0 Å². The Morgan fingerprint density at radius 2 is 1.83 bits per heavy atom. The molecule has 124 valence electrons. The normalized spacial score (nSPS) is 23.1. The molecule has 0 heteroatoms. The summed E-state index contributed by atoms with van der Waals surface area (Å²) in [5, 5.41) is 0. The third kappa shape index (κ3) is 3.93. The Kier molecular flexibility index (Phi) is 6.81. The Balaban J connectivity index is 3.45. The molecule has 0 saturated heterocycles. The minimum Gasteiger partial charge on any atom is -0.0991 e. The van der Waals surface area contributed by atoms with Crippen molar-refractivity contribution in [2.75, 3.05) is 0 Å². The molecule has 0 nitrogen and oxygen atoms in total.